The van der Waals surface area contributed by atoms with Crippen molar-refractivity contribution >= 4 is 33.9 Å². The van der Waals surface area contributed by atoms with E-state index in [2.05, 4.69) is 59.3 Å². The molecule has 6 nitrogen and oxygen atoms in total. The summed E-state index contributed by atoms with van der Waals surface area (Å²) in [5, 5.41) is 3.55. The number of anilines is 2. The van der Waals surface area contributed by atoms with Gasteiger partial charge in [-0.2, -0.15) is 0 Å². The van der Waals surface area contributed by atoms with Gasteiger partial charge in [-0.1, -0.05) is 26.0 Å². The Balaban J connectivity index is 1.36. The third-order valence-electron chi connectivity index (χ3n) is 7.75. The van der Waals surface area contributed by atoms with Gasteiger partial charge in [-0.05, 0) is 93.2 Å². The Bertz CT molecular complexity index is 1320. The molecule has 37 heavy (non-hydrogen) atoms. The standard InChI is InChI=1S/C30H38FN5O/c1-3-34(4-2)15-8-14-32-28-21-27-25(20-26(28)31)30(37)36-18-13-23(29(36)33-27)19-22-9-11-24(12-10-22)35-16-6-5-7-17-35/h9-12,19-21,32H,3-8,13-18H2,1-2H3/b23-19+. The van der Waals surface area contributed by atoms with Gasteiger partial charge < -0.3 is 15.1 Å². The molecule has 3 heterocycles. The summed E-state index contributed by atoms with van der Waals surface area (Å²) in [6.45, 7) is 10.8. The number of aromatic nitrogens is 2. The molecule has 1 fully saturated rings. The van der Waals surface area contributed by atoms with Crippen LogP contribution in [-0.2, 0) is 6.54 Å². The van der Waals surface area contributed by atoms with E-state index in [0.717, 1.165) is 56.7 Å². The molecule has 2 aromatic carbocycles. The van der Waals surface area contributed by atoms with Crippen LogP contribution in [0.25, 0.3) is 22.6 Å². The maximum Gasteiger partial charge on any atom is 0.261 e. The minimum Gasteiger partial charge on any atom is -0.383 e. The molecule has 196 valence electrons. The van der Waals surface area contributed by atoms with Gasteiger partial charge in [-0.25, -0.2) is 9.37 Å². The Morgan fingerprint density at radius 2 is 1.81 bits per heavy atom. The Morgan fingerprint density at radius 3 is 2.54 bits per heavy atom. The van der Waals surface area contributed by atoms with Crippen LogP contribution in [0.5, 0.6) is 0 Å². The third kappa shape index (κ3) is 5.57. The zero-order valence-corrected chi connectivity index (χ0v) is 22.1. The predicted octanol–water partition coefficient (Wildman–Crippen LogP) is 5.61. The molecular weight excluding hydrogens is 465 g/mol. The van der Waals surface area contributed by atoms with Crippen LogP contribution in [0.4, 0.5) is 15.8 Å². The highest BCUT2D eigenvalue weighted by Crippen LogP contribution is 2.30. The first-order chi connectivity index (χ1) is 18.1. The first kappa shape index (κ1) is 25.5. The number of rotatable bonds is 9. The van der Waals surface area contributed by atoms with E-state index < -0.39 is 5.82 Å². The fourth-order valence-electron chi connectivity index (χ4n) is 5.51. The van der Waals surface area contributed by atoms with Gasteiger partial charge in [0.2, 0.25) is 0 Å². The van der Waals surface area contributed by atoms with Gasteiger partial charge in [0, 0.05) is 31.9 Å². The van der Waals surface area contributed by atoms with Crippen molar-refractivity contribution in [3.8, 4) is 0 Å². The zero-order chi connectivity index (χ0) is 25.8. The summed E-state index contributed by atoms with van der Waals surface area (Å²) >= 11 is 0. The Morgan fingerprint density at radius 1 is 1.05 bits per heavy atom. The van der Waals surface area contributed by atoms with Gasteiger partial charge >= 0.3 is 0 Å². The van der Waals surface area contributed by atoms with Crippen LogP contribution in [0.15, 0.2) is 41.2 Å². The van der Waals surface area contributed by atoms with E-state index in [0.29, 0.717) is 35.5 Å². The second-order valence-corrected chi connectivity index (χ2v) is 10.1. The molecule has 0 radical (unpaired) electrons. The average molecular weight is 504 g/mol. The summed E-state index contributed by atoms with van der Waals surface area (Å²) in [4.78, 5) is 22.8. The number of allylic oxidation sites excluding steroid dienone is 1. The Kier molecular flexibility index (Phi) is 7.89. The van der Waals surface area contributed by atoms with Crippen molar-refractivity contribution in [1.29, 1.82) is 0 Å². The first-order valence-corrected chi connectivity index (χ1v) is 13.8. The molecule has 1 N–H and O–H groups in total. The molecule has 0 spiro atoms. The Labute approximate surface area is 218 Å². The quantitative estimate of drug-likeness (QED) is 0.385. The lowest BCUT2D eigenvalue weighted by Crippen LogP contribution is -2.29. The zero-order valence-electron chi connectivity index (χ0n) is 22.1. The predicted molar refractivity (Wildman–Crippen MR) is 152 cm³/mol. The number of benzene rings is 2. The molecule has 0 aliphatic carbocycles. The monoisotopic (exact) mass is 503 g/mol. The molecule has 0 unspecified atom stereocenters. The molecule has 3 aromatic rings. The molecule has 5 rings (SSSR count). The van der Waals surface area contributed by atoms with E-state index in [9.17, 15) is 9.18 Å². The normalized spacial score (nSPS) is 16.6. The smallest absolute Gasteiger partial charge is 0.261 e. The van der Waals surface area contributed by atoms with E-state index in [1.807, 2.05) is 0 Å². The molecule has 1 aromatic heterocycles. The Hall–Kier alpha value is -3.19. The van der Waals surface area contributed by atoms with Crippen molar-refractivity contribution in [2.45, 2.75) is 52.5 Å². The summed E-state index contributed by atoms with van der Waals surface area (Å²) < 4.78 is 16.5. The summed E-state index contributed by atoms with van der Waals surface area (Å²) in [6, 6.07) is 11.7. The van der Waals surface area contributed by atoms with E-state index in [4.69, 9.17) is 4.98 Å². The molecular formula is C30H38FN5O. The maximum atomic E-state index is 14.8. The minimum absolute atomic E-state index is 0.171. The van der Waals surface area contributed by atoms with Crippen LogP contribution < -0.4 is 15.8 Å². The van der Waals surface area contributed by atoms with Crippen LogP contribution in [-0.4, -0.2) is 53.7 Å². The largest absolute Gasteiger partial charge is 0.383 e. The second-order valence-electron chi connectivity index (χ2n) is 10.1. The van der Waals surface area contributed by atoms with Crippen molar-refractivity contribution in [2.24, 2.45) is 0 Å². The number of nitrogens with zero attached hydrogens (tertiary/aromatic N) is 4. The van der Waals surface area contributed by atoms with Crippen LogP contribution in [0.3, 0.4) is 0 Å². The summed E-state index contributed by atoms with van der Waals surface area (Å²) in [7, 11) is 0. The van der Waals surface area contributed by atoms with Crippen molar-refractivity contribution in [3.63, 3.8) is 0 Å². The maximum absolute atomic E-state index is 14.8. The van der Waals surface area contributed by atoms with Gasteiger partial charge in [0.15, 0.2) is 0 Å². The SMILES string of the molecule is CCN(CC)CCCNc1cc2nc3n(c(=O)c2cc1F)CC/C3=C\c1ccc(N2CCCCC2)cc1. The first-order valence-electron chi connectivity index (χ1n) is 13.8. The number of fused-ring (bicyclic) bond motifs is 2. The van der Waals surface area contributed by atoms with Crippen LogP contribution >= 0.6 is 0 Å². The van der Waals surface area contributed by atoms with E-state index in [1.165, 1.54) is 31.0 Å². The minimum atomic E-state index is -0.405. The van der Waals surface area contributed by atoms with Gasteiger partial charge in [-0.15, -0.1) is 0 Å². The highest BCUT2D eigenvalue weighted by molar-refractivity contribution is 5.86. The highest BCUT2D eigenvalue weighted by Gasteiger charge is 2.22. The second kappa shape index (κ2) is 11.5. The van der Waals surface area contributed by atoms with Crippen LogP contribution in [0.2, 0.25) is 0 Å². The fourth-order valence-corrected chi connectivity index (χ4v) is 5.51. The van der Waals surface area contributed by atoms with Crippen molar-refractivity contribution in [3.05, 3.63) is 64.0 Å². The van der Waals surface area contributed by atoms with E-state index in [-0.39, 0.29) is 5.56 Å². The summed E-state index contributed by atoms with van der Waals surface area (Å²) in [5.41, 5.74) is 4.19. The number of halogens is 1. The van der Waals surface area contributed by atoms with Crippen molar-refractivity contribution < 1.29 is 4.39 Å². The summed E-state index contributed by atoms with van der Waals surface area (Å²) in [5.74, 6) is 0.286. The third-order valence-corrected chi connectivity index (χ3v) is 7.75. The molecule has 7 heteroatoms. The lowest BCUT2D eigenvalue weighted by Gasteiger charge is -2.28. The van der Waals surface area contributed by atoms with Crippen LogP contribution in [0.1, 0.15) is 57.3 Å². The number of hydrogen-bond donors (Lipinski definition) is 1. The van der Waals surface area contributed by atoms with Crippen LogP contribution in [0, 0.1) is 5.82 Å². The van der Waals surface area contributed by atoms with E-state index in [1.54, 1.807) is 10.6 Å². The summed E-state index contributed by atoms with van der Waals surface area (Å²) in [6.07, 6.45) is 7.63. The molecule has 1 saturated heterocycles. The molecule has 0 bridgehead atoms. The average Bonchev–Trinajstić information content (AvgIpc) is 3.33. The fraction of sp³-hybridized carbons (Fsp3) is 0.467. The van der Waals surface area contributed by atoms with Gasteiger partial charge in [0.25, 0.3) is 5.56 Å². The molecule has 0 saturated carbocycles. The lowest BCUT2D eigenvalue weighted by atomic mass is 10.1. The molecule has 0 atom stereocenters. The van der Waals surface area contributed by atoms with E-state index >= 15 is 0 Å². The van der Waals surface area contributed by atoms with Crippen molar-refractivity contribution in [1.82, 2.24) is 14.5 Å². The van der Waals surface area contributed by atoms with Gasteiger partial charge in [-0.3, -0.25) is 9.36 Å². The number of nitrogens with one attached hydrogen (secondary N) is 1. The van der Waals surface area contributed by atoms with Gasteiger partial charge in [0.05, 0.1) is 16.6 Å². The lowest BCUT2D eigenvalue weighted by molar-refractivity contribution is 0.303. The highest BCUT2D eigenvalue weighted by atomic mass is 19.1. The molecule has 2 aliphatic heterocycles. The number of piperidine rings is 1. The molecule has 0 amide bonds. The molecule has 2 aliphatic rings. The van der Waals surface area contributed by atoms with Gasteiger partial charge in [0.1, 0.15) is 11.6 Å². The number of hydrogen-bond acceptors (Lipinski definition) is 5. The topological polar surface area (TPSA) is 53.4 Å². The van der Waals surface area contributed by atoms with Crippen molar-refractivity contribution in [2.75, 3.05) is 49.5 Å².